The maximum atomic E-state index is 12.8. The predicted octanol–water partition coefficient (Wildman–Crippen LogP) is 1.82. The number of fused-ring (bicyclic) bond motifs is 1. The number of hydrogen-bond acceptors (Lipinski definition) is 4. The maximum Gasteiger partial charge on any atom is 0.200 e. The summed E-state index contributed by atoms with van der Waals surface area (Å²) < 4.78 is 0. The summed E-state index contributed by atoms with van der Waals surface area (Å²) in [5, 5.41) is 10.7. The summed E-state index contributed by atoms with van der Waals surface area (Å²) in [6, 6.07) is 6.71. The Bertz CT molecular complexity index is 714. The lowest BCUT2D eigenvalue weighted by molar-refractivity contribution is 0.0744. The number of benzene rings is 1. The quantitative estimate of drug-likeness (QED) is 0.647. The number of ketones is 1. The van der Waals surface area contributed by atoms with Crippen LogP contribution in [0.25, 0.3) is 10.9 Å². The van der Waals surface area contributed by atoms with Crippen LogP contribution in [0.5, 0.6) is 0 Å². The lowest BCUT2D eigenvalue weighted by atomic mass is 9.71. The van der Waals surface area contributed by atoms with Crippen molar-refractivity contribution >= 4 is 28.3 Å². The largest absolute Gasteiger partial charge is 0.396 e. The second-order valence-electron chi connectivity index (χ2n) is 6.21. The van der Waals surface area contributed by atoms with E-state index in [2.05, 4.69) is 4.98 Å². The number of H-pyrrole nitrogens is 1. The first-order chi connectivity index (χ1) is 10.4. The van der Waals surface area contributed by atoms with Gasteiger partial charge in [0, 0.05) is 28.6 Å². The number of aliphatic hydroxyl groups excluding tert-OH is 1. The summed E-state index contributed by atoms with van der Waals surface area (Å²) in [5.41, 5.74) is 12.7. The summed E-state index contributed by atoms with van der Waals surface area (Å²) >= 11 is 5.97. The minimum Gasteiger partial charge on any atom is -0.396 e. The van der Waals surface area contributed by atoms with Crippen molar-refractivity contribution in [3.05, 3.63) is 35.0 Å². The third-order valence-electron chi connectivity index (χ3n) is 4.72. The highest BCUT2D eigenvalue weighted by atomic mass is 35.5. The van der Waals surface area contributed by atoms with Gasteiger partial charge in [-0.15, -0.1) is 0 Å². The molecule has 3 unspecified atom stereocenters. The first kappa shape index (κ1) is 15.5. The Hall–Kier alpha value is -1.40. The van der Waals surface area contributed by atoms with E-state index in [-0.39, 0.29) is 18.3 Å². The Balaban J connectivity index is 1.91. The molecule has 22 heavy (non-hydrogen) atoms. The average molecular weight is 322 g/mol. The summed E-state index contributed by atoms with van der Waals surface area (Å²) in [6.45, 7) is 0.0862. The van der Waals surface area contributed by atoms with E-state index >= 15 is 0 Å². The molecular weight excluding hydrogens is 302 g/mol. The van der Waals surface area contributed by atoms with Crippen molar-refractivity contribution in [3.8, 4) is 0 Å². The summed E-state index contributed by atoms with van der Waals surface area (Å²) in [7, 11) is 0. The Labute approximate surface area is 133 Å². The maximum absolute atomic E-state index is 12.8. The molecule has 1 aromatic carbocycles. The molecule has 0 saturated heterocycles. The lowest BCUT2D eigenvalue weighted by Gasteiger charge is -2.40. The fourth-order valence-electron chi connectivity index (χ4n) is 3.24. The highest BCUT2D eigenvalue weighted by Crippen LogP contribution is 2.32. The molecule has 118 valence electrons. The van der Waals surface area contributed by atoms with E-state index in [1.165, 1.54) is 0 Å². The number of aliphatic hydroxyl groups is 1. The number of nitrogens with two attached hydrogens (primary N) is 2. The first-order valence-corrected chi connectivity index (χ1v) is 7.80. The van der Waals surface area contributed by atoms with Gasteiger partial charge >= 0.3 is 0 Å². The molecule has 1 aliphatic rings. The van der Waals surface area contributed by atoms with Crippen molar-refractivity contribution in [1.82, 2.24) is 4.98 Å². The van der Waals surface area contributed by atoms with Gasteiger partial charge in [0.25, 0.3) is 0 Å². The number of carbonyl (C=O) groups is 1. The van der Waals surface area contributed by atoms with E-state index in [0.29, 0.717) is 30.0 Å². The Morgan fingerprint density at radius 1 is 1.45 bits per heavy atom. The molecule has 0 spiro atoms. The Morgan fingerprint density at radius 3 is 2.91 bits per heavy atom. The van der Waals surface area contributed by atoms with Crippen LogP contribution in [-0.2, 0) is 0 Å². The molecule has 1 fully saturated rings. The summed E-state index contributed by atoms with van der Waals surface area (Å²) in [4.78, 5) is 15.9. The van der Waals surface area contributed by atoms with E-state index in [1.807, 2.05) is 6.07 Å². The molecule has 0 aliphatic heterocycles. The molecule has 2 aromatic rings. The van der Waals surface area contributed by atoms with Gasteiger partial charge in [-0.3, -0.25) is 4.79 Å². The smallest absolute Gasteiger partial charge is 0.200 e. The molecule has 5 nitrogen and oxygen atoms in total. The van der Waals surface area contributed by atoms with Crippen LogP contribution in [0, 0.1) is 5.92 Å². The van der Waals surface area contributed by atoms with Gasteiger partial charge in [-0.25, -0.2) is 0 Å². The fourth-order valence-corrected chi connectivity index (χ4v) is 3.42. The zero-order chi connectivity index (χ0) is 15.9. The van der Waals surface area contributed by atoms with Crippen LogP contribution < -0.4 is 11.5 Å². The molecule has 0 radical (unpaired) electrons. The van der Waals surface area contributed by atoms with E-state index in [0.717, 1.165) is 10.9 Å². The highest BCUT2D eigenvalue weighted by Gasteiger charge is 2.45. The normalized spacial score (nSPS) is 28.9. The van der Waals surface area contributed by atoms with Gasteiger partial charge in [0.2, 0.25) is 0 Å². The molecule has 6 heteroatoms. The molecule has 1 aliphatic carbocycles. The molecule has 6 N–H and O–H groups in total. The molecule has 0 amide bonds. The first-order valence-electron chi connectivity index (χ1n) is 7.42. The van der Waals surface area contributed by atoms with Crippen molar-refractivity contribution in [2.45, 2.75) is 30.8 Å². The zero-order valence-electron chi connectivity index (χ0n) is 12.2. The van der Waals surface area contributed by atoms with Gasteiger partial charge in [0.1, 0.15) is 0 Å². The van der Waals surface area contributed by atoms with Crippen LogP contribution in [-0.4, -0.2) is 34.1 Å². The standard InChI is InChI=1S/C16H20ClN3O2/c17-11-1-2-12-10(6-11)7-13(20-12)15(22)16(19)4-3-9(8-21)5-14(16)18/h1-2,6-7,9,14,20-21H,3-5,8,18-19H2. The van der Waals surface area contributed by atoms with Crippen LogP contribution in [0.3, 0.4) is 0 Å². The van der Waals surface area contributed by atoms with Crippen LogP contribution in [0.1, 0.15) is 29.8 Å². The predicted molar refractivity (Wildman–Crippen MR) is 87.0 cm³/mol. The monoisotopic (exact) mass is 321 g/mol. The number of halogens is 1. The van der Waals surface area contributed by atoms with Crippen molar-refractivity contribution in [2.75, 3.05) is 6.61 Å². The topological polar surface area (TPSA) is 105 Å². The molecule has 1 aromatic heterocycles. The minimum absolute atomic E-state index is 0.0862. The van der Waals surface area contributed by atoms with Gasteiger partial charge in [-0.05, 0) is 49.4 Å². The summed E-state index contributed by atoms with van der Waals surface area (Å²) in [5.74, 6) is -0.0512. The van der Waals surface area contributed by atoms with Crippen molar-refractivity contribution < 1.29 is 9.90 Å². The van der Waals surface area contributed by atoms with E-state index < -0.39 is 11.6 Å². The van der Waals surface area contributed by atoms with Crippen LogP contribution in [0.2, 0.25) is 5.02 Å². The van der Waals surface area contributed by atoms with Crippen molar-refractivity contribution in [1.29, 1.82) is 0 Å². The van der Waals surface area contributed by atoms with Gasteiger partial charge in [-0.2, -0.15) is 0 Å². The number of aromatic amines is 1. The third kappa shape index (κ3) is 2.54. The number of hydrogen-bond donors (Lipinski definition) is 4. The lowest BCUT2D eigenvalue weighted by Crippen LogP contribution is -2.63. The third-order valence-corrected chi connectivity index (χ3v) is 4.96. The SMILES string of the molecule is NC1CC(CO)CCC1(N)C(=O)c1cc2cc(Cl)ccc2[nH]1. The number of carbonyl (C=O) groups excluding carboxylic acids is 1. The minimum atomic E-state index is -1.09. The molecular formula is C16H20ClN3O2. The fraction of sp³-hybridized carbons (Fsp3) is 0.438. The number of Topliss-reactive ketones (excluding diaryl/α,β-unsaturated/α-hetero) is 1. The second kappa shape index (κ2) is 5.66. The van der Waals surface area contributed by atoms with Crippen LogP contribution in [0.15, 0.2) is 24.3 Å². The number of rotatable bonds is 3. The second-order valence-corrected chi connectivity index (χ2v) is 6.65. The van der Waals surface area contributed by atoms with Crippen LogP contribution in [0.4, 0.5) is 0 Å². The van der Waals surface area contributed by atoms with Gasteiger partial charge in [0.15, 0.2) is 5.78 Å². The van der Waals surface area contributed by atoms with Crippen LogP contribution >= 0.6 is 11.6 Å². The molecule has 3 atom stereocenters. The average Bonchev–Trinajstić information content (AvgIpc) is 2.92. The van der Waals surface area contributed by atoms with Crippen molar-refractivity contribution in [3.63, 3.8) is 0 Å². The van der Waals surface area contributed by atoms with E-state index in [1.54, 1.807) is 18.2 Å². The number of aromatic nitrogens is 1. The Kier molecular flexibility index (Phi) is 3.99. The van der Waals surface area contributed by atoms with E-state index in [4.69, 9.17) is 23.1 Å². The molecule has 1 heterocycles. The molecule has 0 bridgehead atoms. The van der Waals surface area contributed by atoms with Gasteiger partial charge < -0.3 is 21.6 Å². The van der Waals surface area contributed by atoms with Crippen molar-refractivity contribution in [2.24, 2.45) is 17.4 Å². The molecule has 1 saturated carbocycles. The Morgan fingerprint density at radius 2 is 2.23 bits per heavy atom. The van der Waals surface area contributed by atoms with Gasteiger partial charge in [-0.1, -0.05) is 11.6 Å². The highest BCUT2D eigenvalue weighted by molar-refractivity contribution is 6.31. The molecule has 3 rings (SSSR count). The summed E-state index contributed by atoms with van der Waals surface area (Å²) in [6.07, 6.45) is 1.75. The van der Waals surface area contributed by atoms with E-state index in [9.17, 15) is 9.90 Å². The van der Waals surface area contributed by atoms with Gasteiger partial charge in [0.05, 0.1) is 11.2 Å². The number of nitrogens with one attached hydrogen (secondary N) is 1. The zero-order valence-corrected chi connectivity index (χ0v) is 12.9.